The molecule has 108 valence electrons. The number of nitrogens with two attached hydrogens (primary N) is 2. The summed E-state index contributed by atoms with van der Waals surface area (Å²) in [5.74, 6) is 0.362. The lowest BCUT2D eigenvalue weighted by Crippen LogP contribution is -2.44. The molecule has 0 spiro atoms. The fraction of sp³-hybridized carbons (Fsp3) is 0.727. The molecule has 1 heterocycles. The molecule has 8 heteroatoms. The van der Waals surface area contributed by atoms with Crippen molar-refractivity contribution in [2.75, 3.05) is 12.3 Å². The number of nitrogens with one attached hydrogen (secondary N) is 1. The van der Waals surface area contributed by atoms with Crippen molar-refractivity contribution in [2.45, 2.75) is 43.5 Å². The molecule has 0 amide bonds. The third-order valence-electron chi connectivity index (χ3n) is 3.63. The standard InChI is InChI=1S/C11H20N4O3S/c1-7-10(11(13)14-18-7)19(16,17)15-9(6-12)8-4-2-3-5-8/h8-9,15H,2-6,12H2,1H3,(H2,13,14). The monoisotopic (exact) mass is 288 g/mol. The molecule has 0 aliphatic heterocycles. The summed E-state index contributed by atoms with van der Waals surface area (Å²) in [6, 6.07) is -0.263. The number of aryl methyl sites for hydroxylation is 1. The van der Waals surface area contributed by atoms with Gasteiger partial charge in [-0.25, -0.2) is 13.1 Å². The molecule has 1 aromatic heterocycles. The molecule has 0 aromatic carbocycles. The van der Waals surface area contributed by atoms with E-state index in [-0.39, 0.29) is 29.1 Å². The van der Waals surface area contributed by atoms with E-state index in [1.807, 2.05) is 0 Å². The van der Waals surface area contributed by atoms with Crippen molar-refractivity contribution >= 4 is 15.8 Å². The average Bonchev–Trinajstić information content (AvgIpc) is 2.96. The van der Waals surface area contributed by atoms with Gasteiger partial charge in [0.25, 0.3) is 0 Å². The Morgan fingerprint density at radius 1 is 1.47 bits per heavy atom. The Hall–Kier alpha value is -1.12. The van der Waals surface area contributed by atoms with Crippen molar-refractivity contribution in [1.82, 2.24) is 9.88 Å². The fourth-order valence-corrected chi connectivity index (χ4v) is 4.20. The second-order valence-corrected chi connectivity index (χ2v) is 6.61. The third kappa shape index (κ3) is 2.90. The summed E-state index contributed by atoms with van der Waals surface area (Å²) in [6.45, 7) is 1.79. The Balaban J connectivity index is 2.20. The number of anilines is 1. The van der Waals surface area contributed by atoms with Gasteiger partial charge < -0.3 is 16.0 Å². The number of sulfonamides is 1. The first kappa shape index (κ1) is 14.3. The first-order valence-electron chi connectivity index (χ1n) is 6.40. The zero-order valence-electron chi connectivity index (χ0n) is 10.9. The minimum Gasteiger partial charge on any atom is -0.380 e. The summed E-state index contributed by atoms with van der Waals surface area (Å²) in [7, 11) is -3.74. The van der Waals surface area contributed by atoms with Gasteiger partial charge in [0.05, 0.1) is 0 Å². The molecule has 1 aromatic rings. The van der Waals surface area contributed by atoms with Crippen LogP contribution in [-0.2, 0) is 10.0 Å². The van der Waals surface area contributed by atoms with Gasteiger partial charge in [-0.1, -0.05) is 18.0 Å². The quantitative estimate of drug-likeness (QED) is 0.718. The van der Waals surface area contributed by atoms with E-state index in [9.17, 15) is 8.42 Å². The second-order valence-electron chi connectivity index (χ2n) is 4.96. The molecule has 0 bridgehead atoms. The SMILES string of the molecule is Cc1onc(N)c1S(=O)(=O)NC(CN)C1CCCC1. The van der Waals surface area contributed by atoms with Crippen LogP contribution in [0.4, 0.5) is 5.82 Å². The second kappa shape index (κ2) is 5.48. The molecule has 1 atom stereocenters. The van der Waals surface area contributed by atoms with E-state index >= 15 is 0 Å². The van der Waals surface area contributed by atoms with Crippen molar-refractivity contribution in [2.24, 2.45) is 11.7 Å². The molecular formula is C11H20N4O3S. The van der Waals surface area contributed by atoms with Crippen LogP contribution in [0.5, 0.6) is 0 Å². The van der Waals surface area contributed by atoms with E-state index < -0.39 is 10.0 Å². The molecular weight excluding hydrogens is 268 g/mol. The molecule has 1 aliphatic rings. The zero-order valence-corrected chi connectivity index (χ0v) is 11.7. The van der Waals surface area contributed by atoms with Gasteiger partial charge >= 0.3 is 0 Å². The van der Waals surface area contributed by atoms with E-state index in [0.717, 1.165) is 25.7 Å². The minimum atomic E-state index is -3.74. The van der Waals surface area contributed by atoms with Gasteiger partial charge in [0.15, 0.2) is 16.5 Å². The van der Waals surface area contributed by atoms with Gasteiger partial charge in [0.2, 0.25) is 10.0 Å². The Labute approximate surface area is 112 Å². The Morgan fingerprint density at radius 3 is 2.58 bits per heavy atom. The van der Waals surface area contributed by atoms with Crippen molar-refractivity contribution in [1.29, 1.82) is 0 Å². The predicted molar refractivity (Wildman–Crippen MR) is 70.8 cm³/mol. The van der Waals surface area contributed by atoms with Gasteiger partial charge in [-0.3, -0.25) is 0 Å². The Morgan fingerprint density at radius 2 is 2.11 bits per heavy atom. The van der Waals surface area contributed by atoms with Crippen LogP contribution in [0.1, 0.15) is 31.4 Å². The molecule has 1 aliphatic carbocycles. The molecule has 0 radical (unpaired) electrons. The predicted octanol–water partition coefficient (Wildman–Crippen LogP) is 0.361. The highest BCUT2D eigenvalue weighted by Crippen LogP contribution is 2.29. The minimum absolute atomic E-state index is 0.0797. The van der Waals surface area contributed by atoms with Crippen LogP contribution < -0.4 is 16.2 Å². The van der Waals surface area contributed by atoms with E-state index in [0.29, 0.717) is 5.92 Å². The van der Waals surface area contributed by atoms with Crippen LogP contribution in [0.25, 0.3) is 0 Å². The topological polar surface area (TPSA) is 124 Å². The number of hydrogen-bond donors (Lipinski definition) is 3. The lowest BCUT2D eigenvalue weighted by molar-refractivity contribution is 0.394. The number of hydrogen-bond acceptors (Lipinski definition) is 6. The van der Waals surface area contributed by atoms with Crippen molar-refractivity contribution in [3.05, 3.63) is 5.76 Å². The largest absolute Gasteiger partial charge is 0.380 e. The molecule has 1 fully saturated rings. The lowest BCUT2D eigenvalue weighted by atomic mass is 9.99. The van der Waals surface area contributed by atoms with Crippen LogP contribution >= 0.6 is 0 Å². The summed E-state index contributed by atoms with van der Waals surface area (Å²) < 4.78 is 32.1. The molecule has 0 saturated heterocycles. The van der Waals surface area contributed by atoms with Crippen LogP contribution in [0.3, 0.4) is 0 Å². The average molecular weight is 288 g/mol. The third-order valence-corrected chi connectivity index (χ3v) is 5.28. The highest BCUT2D eigenvalue weighted by atomic mass is 32.2. The summed E-state index contributed by atoms with van der Waals surface area (Å²) in [5.41, 5.74) is 11.2. The van der Waals surface area contributed by atoms with Gasteiger partial charge in [0, 0.05) is 12.6 Å². The van der Waals surface area contributed by atoms with Gasteiger partial charge in [-0.05, 0) is 25.7 Å². The van der Waals surface area contributed by atoms with E-state index in [2.05, 4.69) is 9.88 Å². The van der Waals surface area contributed by atoms with Crippen LogP contribution in [0.15, 0.2) is 9.42 Å². The smallest absolute Gasteiger partial charge is 0.248 e. The number of nitrogen functional groups attached to an aromatic ring is 1. The summed E-state index contributed by atoms with van der Waals surface area (Å²) >= 11 is 0. The summed E-state index contributed by atoms with van der Waals surface area (Å²) in [6.07, 6.45) is 4.25. The Bertz CT molecular complexity index is 515. The molecule has 2 rings (SSSR count). The fourth-order valence-electron chi connectivity index (χ4n) is 2.66. The first-order valence-corrected chi connectivity index (χ1v) is 7.88. The van der Waals surface area contributed by atoms with Crippen molar-refractivity contribution in [3.63, 3.8) is 0 Å². The summed E-state index contributed by atoms with van der Waals surface area (Å²) in [5, 5.41) is 3.47. The molecule has 19 heavy (non-hydrogen) atoms. The normalized spacial score (nSPS) is 18.8. The lowest BCUT2D eigenvalue weighted by Gasteiger charge is -2.22. The van der Waals surface area contributed by atoms with Crippen LogP contribution in [0.2, 0.25) is 0 Å². The molecule has 7 nitrogen and oxygen atoms in total. The van der Waals surface area contributed by atoms with Crippen LogP contribution in [-0.4, -0.2) is 26.2 Å². The van der Waals surface area contributed by atoms with Gasteiger partial charge in [-0.2, -0.15) is 0 Å². The molecule has 1 unspecified atom stereocenters. The summed E-state index contributed by atoms with van der Waals surface area (Å²) in [4.78, 5) is -0.0797. The maximum Gasteiger partial charge on any atom is 0.248 e. The highest BCUT2D eigenvalue weighted by molar-refractivity contribution is 7.89. The van der Waals surface area contributed by atoms with E-state index in [4.69, 9.17) is 16.0 Å². The number of rotatable bonds is 5. The number of nitrogens with zero attached hydrogens (tertiary/aromatic N) is 1. The van der Waals surface area contributed by atoms with E-state index in [1.165, 1.54) is 6.92 Å². The maximum atomic E-state index is 12.3. The Kier molecular flexibility index (Phi) is 4.12. The number of aromatic nitrogens is 1. The van der Waals surface area contributed by atoms with Gasteiger partial charge in [0.1, 0.15) is 0 Å². The van der Waals surface area contributed by atoms with Gasteiger partial charge in [-0.15, -0.1) is 0 Å². The van der Waals surface area contributed by atoms with Crippen molar-refractivity contribution in [3.8, 4) is 0 Å². The highest BCUT2D eigenvalue weighted by Gasteiger charge is 2.31. The first-order chi connectivity index (χ1) is 8.95. The zero-order chi connectivity index (χ0) is 14.0. The van der Waals surface area contributed by atoms with Crippen molar-refractivity contribution < 1.29 is 12.9 Å². The maximum absolute atomic E-state index is 12.3. The molecule has 1 saturated carbocycles. The molecule has 5 N–H and O–H groups in total. The van der Waals surface area contributed by atoms with Crippen LogP contribution in [0, 0.1) is 12.8 Å². The van der Waals surface area contributed by atoms with E-state index in [1.54, 1.807) is 0 Å².